The Kier molecular flexibility index (Phi) is 8.84. The maximum Gasteiger partial charge on any atom is 0.191 e. The van der Waals surface area contributed by atoms with E-state index in [0.29, 0.717) is 6.54 Å². The molecule has 0 bridgehead atoms. The molecule has 27 heavy (non-hydrogen) atoms. The minimum Gasteiger partial charge on any atom is -0.357 e. The molecule has 0 atom stereocenters. The molecule has 2 N–H and O–H groups in total. The molecule has 6 heteroatoms. The molecule has 1 saturated heterocycles. The molecule has 1 aromatic heterocycles. The summed E-state index contributed by atoms with van der Waals surface area (Å²) in [5.74, 6) is 1.93. The fourth-order valence-corrected chi connectivity index (χ4v) is 3.20. The van der Waals surface area contributed by atoms with Crippen molar-refractivity contribution in [3.8, 4) is 0 Å². The zero-order chi connectivity index (χ0) is 18.2. The molecule has 0 spiro atoms. The third kappa shape index (κ3) is 6.68. The Hall–Kier alpha value is -1.83. The van der Waals surface area contributed by atoms with Gasteiger partial charge in [0, 0.05) is 32.4 Å². The lowest BCUT2D eigenvalue weighted by molar-refractivity contribution is 0.813. The van der Waals surface area contributed by atoms with E-state index >= 15 is 0 Å². The van der Waals surface area contributed by atoms with E-state index in [9.17, 15) is 0 Å². The third-order valence-electron chi connectivity index (χ3n) is 4.55. The molecule has 0 saturated carbocycles. The molecular weight excluding hydrogens is 449 g/mol. The lowest BCUT2D eigenvalue weighted by Crippen LogP contribution is -2.36. The Morgan fingerprint density at radius 1 is 1.11 bits per heavy atom. The smallest absolute Gasteiger partial charge is 0.191 e. The van der Waals surface area contributed by atoms with Gasteiger partial charge in [0.1, 0.15) is 5.82 Å². The second-order valence-electron chi connectivity index (χ2n) is 6.75. The number of aryl methyl sites for hydroxylation is 1. The summed E-state index contributed by atoms with van der Waals surface area (Å²) in [7, 11) is 0. The van der Waals surface area contributed by atoms with Gasteiger partial charge in [-0.1, -0.05) is 29.8 Å². The molecule has 0 amide bonds. The first-order valence-electron chi connectivity index (χ1n) is 9.52. The summed E-state index contributed by atoms with van der Waals surface area (Å²) in [6.45, 7) is 8.68. The van der Waals surface area contributed by atoms with Gasteiger partial charge in [0.25, 0.3) is 0 Å². The van der Waals surface area contributed by atoms with Crippen LogP contribution < -0.4 is 15.5 Å². The van der Waals surface area contributed by atoms with E-state index in [1.807, 2.05) is 6.20 Å². The molecule has 1 aliphatic heterocycles. The minimum atomic E-state index is 0. The van der Waals surface area contributed by atoms with Gasteiger partial charge in [-0.25, -0.2) is 9.98 Å². The van der Waals surface area contributed by atoms with Gasteiger partial charge in [-0.05, 0) is 49.9 Å². The first-order chi connectivity index (χ1) is 12.7. The topological polar surface area (TPSA) is 52.6 Å². The molecule has 2 heterocycles. The van der Waals surface area contributed by atoms with Crippen molar-refractivity contribution in [3.63, 3.8) is 0 Å². The van der Waals surface area contributed by atoms with Gasteiger partial charge in [0.05, 0.1) is 6.54 Å². The van der Waals surface area contributed by atoms with Crippen LogP contribution >= 0.6 is 24.0 Å². The lowest BCUT2D eigenvalue weighted by atomic mass is 10.1. The Morgan fingerprint density at radius 2 is 1.93 bits per heavy atom. The van der Waals surface area contributed by atoms with Crippen LogP contribution in [0.3, 0.4) is 0 Å². The molecule has 1 fully saturated rings. The molecule has 146 valence electrons. The number of benzene rings is 1. The van der Waals surface area contributed by atoms with Crippen molar-refractivity contribution in [2.75, 3.05) is 24.5 Å². The maximum absolute atomic E-state index is 4.71. The first kappa shape index (κ1) is 21.5. The van der Waals surface area contributed by atoms with Crippen molar-refractivity contribution in [1.82, 2.24) is 15.6 Å². The molecule has 0 unspecified atom stereocenters. The van der Waals surface area contributed by atoms with E-state index in [1.165, 1.54) is 29.5 Å². The number of nitrogens with one attached hydrogen (secondary N) is 2. The standard InChI is InChI=1S/C21H29N5.HI/c1-3-22-21(24-15-18-8-6-7-17(2)13-18)25-16-19-9-10-23-20(14-19)26-11-4-5-12-26;/h6-10,13-14H,3-5,11-12,15-16H2,1-2H3,(H2,22,24,25);1H. The summed E-state index contributed by atoms with van der Waals surface area (Å²) < 4.78 is 0. The predicted octanol–water partition coefficient (Wildman–Crippen LogP) is 3.86. The van der Waals surface area contributed by atoms with Gasteiger partial charge in [-0.3, -0.25) is 0 Å². The largest absolute Gasteiger partial charge is 0.357 e. The van der Waals surface area contributed by atoms with Gasteiger partial charge in [-0.15, -0.1) is 24.0 Å². The Morgan fingerprint density at radius 3 is 2.67 bits per heavy atom. The van der Waals surface area contributed by atoms with Gasteiger partial charge < -0.3 is 15.5 Å². The number of aromatic nitrogens is 1. The third-order valence-corrected chi connectivity index (χ3v) is 4.55. The van der Waals surface area contributed by atoms with Crippen molar-refractivity contribution in [3.05, 3.63) is 59.3 Å². The van der Waals surface area contributed by atoms with E-state index in [1.54, 1.807) is 0 Å². The van der Waals surface area contributed by atoms with Gasteiger partial charge in [0.2, 0.25) is 0 Å². The van der Waals surface area contributed by atoms with Crippen molar-refractivity contribution >= 4 is 35.8 Å². The number of anilines is 1. The molecule has 1 aromatic carbocycles. The average Bonchev–Trinajstić information content (AvgIpc) is 3.19. The highest BCUT2D eigenvalue weighted by atomic mass is 127. The van der Waals surface area contributed by atoms with Crippen LogP contribution in [0.4, 0.5) is 5.82 Å². The minimum absolute atomic E-state index is 0. The SMILES string of the molecule is CCNC(=NCc1cccc(C)c1)NCc1ccnc(N2CCCC2)c1.I. The second kappa shape index (κ2) is 11.1. The van der Waals surface area contributed by atoms with Crippen molar-refractivity contribution < 1.29 is 0 Å². The van der Waals surface area contributed by atoms with E-state index in [-0.39, 0.29) is 24.0 Å². The number of hydrogen-bond donors (Lipinski definition) is 2. The fraction of sp³-hybridized carbons (Fsp3) is 0.429. The zero-order valence-electron chi connectivity index (χ0n) is 16.2. The maximum atomic E-state index is 4.71. The van der Waals surface area contributed by atoms with E-state index in [2.05, 4.69) is 70.8 Å². The number of hydrogen-bond acceptors (Lipinski definition) is 3. The van der Waals surface area contributed by atoms with Crippen LogP contribution in [0.25, 0.3) is 0 Å². The number of nitrogens with zero attached hydrogens (tertiary/aromatic N) is 3. The van der Waals surface area contributed by atoms with Crippen LogP contribution in [0.1, 0.15) is 36.5 Å². The summed E-state index contributed by atoms with van der Waals surface area (Å²) in [5.41, 5.74) is 3.72. The van der Waals surface area contributed by atoms with Crippen molar-refractivity contribution in [2.45, 2.75) is 39.8 Å². The summed E-state index contributed by atoms with van der Waals surface area (Å²) >= 11 is 0. The molecule has 5 nitrogen and oxygen atoms in total. The molecule has 2 aromatic rings. The number of halogens is 1. The van der Waals surface area contributed by atoms with Gasteiger partial charge in [0.15, 0.2) is 5.96 Å². The number of guanidine groups is 1. The number of rotatable bonds is 6. The zero-order valence-corrected chi connectivity index (χ0v) is 18.6. The summed E-state index contributed by atoms with van der Waals surface area (Å²) in [6.07, 6.45) is 4.43. The number of pyridine rings is 1. The summed E-state index contributed by atoms with van der Waals surface area (Å²) in [5, 5.41) is 6.75. The molecule has 1 aliphatic rings. The molecule has 3 rings (SSSR count). The highest BCUT2D eigenvalue weighted by molar-refractivity contribution is 14.0. The van der Waals surface area contributed by atoms with Crippen molar-refractivity contribution in [2.24, 2.45) is 4.99 Å². The van der Waals surface area contributed by atoms with Crippen molar-refractivity contribution in [1.29, 1.82) is 0 Å². The van der Waals surface area contributed by atoms with E-state index < -0.39 is 0 Å². The summed E-state index contributed by atoms with van der Waals surface area (Å²) in [6, 6.07) is 12.7. The Labute approximate surface area is 179 Å². The normalized spacial score (nSPS) is 14.0. The lowest BCUT2D eigenvalue weighted by Gasteiger charge is -2.17. The van der Waals surface area contributed by atoms with Crippen LogP contribution in [-0.4, -0.2) is 30.6 Å². The quantitative estimate of drug-likeness (QED) is 0.376. The fourth-order valence-electron chi connectivity index (χ4n) is 3.20. The number of aliphatic imine (C=N–C) groups is 1. The Bertz CT molecular complexity index is 741. The molecule has 0 aliphatic carbocycles. The predicted molar refractivity (Wildman–Crippen MR) is 124 cm³/mol. The molecular formula is C21H30IN5. The van der Waals surface area contributed by atoms with Crippen LogP contribution in [0, 0.1) is 6.92 Å². The first-order valence-corrected chi connectivity index (χ1v) is 9.52. The van der Waals surface area contributed by atoms with E-state index in [4.69, 9.17) is 4.99 Å². The van der Waals surface area contributed by atoms with Gasteiger partial charge >= 0.3 is 0 Å². The van der Waals surface area contributed by atoms with Gasteiger partial charge in [-0.2, -0.15) is 0 Å². The summed E-state index contributed by atoms with van der Waals surface area (Å²) in [4.78, 5) is 11.6. The molecule has 0 radical (unpaired) electrons. The highest BCUT2D eigenvalue weighted by Crippen LogP contribution is 2.18. The van der Waals surface area contributed by atoms with E-state index in [0.717, 1.165) is 38.0 Å². The highest BCUT2D eigenvalue weighted by Gasteiger charge is 2.13. The van der Waals surface area contributed by atoms with Crippen LogP contribution in [0.2, 0.25) is 0 Å². The second-order valence-corrected chi connectivity index (χ2v) is 6.75. The average molecular weight is 479 g/mol. The van der Waals surface area contributed by atoms with Crippen LogP contribution in [0.15, 0.2) is 47.6 Å². The monoisotopic (exact) mass is 479 g/mol. The Balaban J connectivity index is 0.00000261. The van der Waals surface area contributed by atoms with Crippen LogP contribution in [0.5, 0.6) is 0 Å². The van der Waals surface area contributed by atoms with Crippen LogP contribution in [-0.2, 0) is 13.1 Å².